The standard InChI is InChI=1S/C10H10N4O/c1-14-6-13-5-9(14)10(15)7-4-12-3-2-8(7)11/h2-6H,1H3,(H2,11,12). The molecule has 0 fully saturated rings. The zero-order chi connectivity index (χ0) is 10.8. The predicted octanol–water partition coefficient (Wildman–Crippen LogP) is 0.628. The molecule has 76 valence electrons. The number of aryl methyl sites for hydroxylation is 1. The first-order chi connectivity index (χ1) is 7.20. The molecule has 2 N–H and O–H groups in total. The van der Waals surface area contributed by atoms with E-state index in [0.717, 1.165) is 0 Å². The first kappa shape index (κ1) is 9.39. The molecule has 15 heavy (non-hydrogen) atoms. The Morgan fingerprint density at radius 2 is 2.20 bits per heavy atom. The summed E-state index contributed by atoms with van der Waals surface area (Å²) in [6.45, 7) is 0. The van der Waals surface area contributed by atoms with Crippen LogP contribution in [-0.4, -0.2) is 20.3 Å². The number of imidazole rings is 1. The van der Waals surface area contributed by atoms with E-state index in [9.17, 15) is 4.79 Å². The van der Waals surface area contributed by atoms with E-state index in [4.69, 9.17) is 5.73 Å². The normalized spacial score (nSPS) is 10.2. The molecule has 0 aliphatic carbocycles. The number of anilines is 1. The number of nitrogens with zero attached hydrogens (tertiary/aromatic N) is 3. The van der Waals surface area contributed by atoms with Gasteiger partial charge in [0.25, 0.3) is 0 Å². The number of hydrogen-bond donors (Lipinski definition) is 1. The number of hydrogen-bond acceptors (Lipinski definition) is 4. The minimum Gasteiger partial charge on any atom is -0.398 e. The smallest absolute Gasteiger partial charge is 0.214 e. The van der Waals surface area contributed by atoms with Gasteiger partial charge in [0.1, 0.15) is 5.69 Å². The van der Waals surface area contributed by atoms with Gasteiger partial charge in [-0.3, -0.25) is 9.78 Å². The van der Waals surface area contributed by atoms with Crippen LogP contribution in [-0.2, 0) is 7.05 Å². The Morgan fingerprint density at radius 3 is 2.80 bits per heavy atom. The van der Waals surface area contributed by atoms with Crippen LogP contribution in [0.4, 0.5) is 5.69 Å². The van der Waals surface area contributed by atoms with Crippen LogP contribution >= 0.6 is 0 Å². The lowest BCUT2D eigenvalue weighted by atomic mass is 10.1. The molecule has 0 radical (unpaired) electrons. The average molecular weight is 202 g/mol. The van der Waals surface area contributed by atoms with E-state index >= 15 is 0 Å². The van der Waals surface area contributed by atoms with Gasteiger partial charge >= 0.3 is 0 Å². The first-order valence-electron chi connectivity index (χ1n) is 4.40. The Kier molecular flexibility index (Phi) is 2.21. The van der Waals surface area contributed by atoms with Crippen LogP contribution in [0, 0.1) is 0 Å². The second-order valence-corrected chi connectivity index (χ2v) is 3.18. The Bertz CT molecular complexity index is 504. The Hall–Kier alpha value is -2.17. The van der Waals surface area contributed by atoms with E-state index in [1.807, 2.05) is 0 Å². The molecule has 0 amide bonds. The number of aromatic nitrogens is 3. The lowest BCUT2D eigenvalue weighted by Gasteiger charge is -2.03. The van der Waals surface area contributed by atoms with E-state index in [2.05, 4.69) is 9.97 Å². The van der Waals surface area contributed by atoms with Crippen molar-refractivity contribution in [2.75, 3.05) is 5.73 Å². The summed E-state index contributed by atoms with van der Waals surface area (Å²) in [5.41, 5.74) is 7.01. The largest absolute Gasteiger partial charge is 0.398 e. The minimum atomic E-state index is -0.166. The summed E-state index contributed by atoms with van der Waals surface area (Å²) >= 11 is 0. The summed E-state index contributed by atoms with van der Waals surface area (Å²) in [4.78, 5) is 19.7. The van der Waals surface area contributed by atoms with Crippen LogP contribution in [0.1, 0.15) is 16.1 Å². The number of nitrogen functional groups attached to an aromatic ring is 1. The lowest BCUT2D eigenvalue weighted by molar-refractivity contribution is 0.103. The highest BCUT2D eigenvalue weighted by atomic mass is 16.1. The number of pyridine rings is 1. The summed E-state index contributed by atoms with van der Waals surface area (Å²) < 4.78 is 1.65. The zero-order valence-electron chi connectivity index (χ0n) is 8.21. The molecule has 0 aromatic carbocycles. The number of ketones is 1. The number of carbonyl (C=O) groups is 1. The monoisotopic (exact) mass is 202 g/mol. The van der Waals surface area contributed by atoms with Crippen molar-refractivity contribution in [3.05, 3.63) is 42.2 Å². The SMILES string of the molecule is Cn1cncc1C(=O)c1cnccc1N. The van der Waals surface area contributed by atoms with E-state index in [1.54, 1.807) is 30.2 Å². The molecule has 0 saturated carbocycles. The molecular weight excluding hydrogens is 192 g/mol. The van der Waals surface area contributed by atoms with Gasteiger partial charge in [-0.05, 0) is 6.07 Å². The fraction of sp³-hybridized carbons (Fsp3) is 0.100. The van der Waals surface area contributed by atoms with E-state index in [-0.39, 0.29) is 5.78 Å². The first-order valence-corrected chi connectivity index (χ1v) is 4.40. The summed E-state index contributed by atoms with van der Waals surface area (Å²) in [6, 6.07) is 1.60. The summed E-state index contributed by atoms with van der Waals surface area (Å²) in [5.74, 6) is -0.166. The minimum absolute atomic E-state index is 0.166. The third-order valence-electron chi connectivity index (χ3n) is 2.15. The van der Waals surface area contributed by atoms with Gasteiger partial charge in [0, 0.05) is 25.1 Å². The molecule has 2 aromatic rings. The topological polar surface area (TPSA) is 73.8 Å². The van der Waals surface area contributed by atoms with Crippen LogP contribution in [0.2, 0.25) is 0 Å². The van der Waals surface area contributed by atoms with Crippen LogP contribution in [0.25, 0.3) is 0 Å². The second kappa shape index (κ2) is 3.53. The molecule has 5 nitrogen and oxygen atoms in total. The van der Waals surface area contributed by atoms with Crippen molar-refractivity contribution < 1.29 is 4.79 Å². The van der Waals surface area contributed by atoms with Crippen molar-refractivity contribution in [1.29, 1.82) is 0 Å². The maximum absolute atomic E-state index is 12.0. The van der Waals surface area contributed by atoms with Crippen LogP contribution in [0.3, 0.4) is 0 Å². The molecule has 0 saturated heterocycles. The van der Waals surface area contributed by atoms with Gasteiger partial charge in [0.15, 0.2) is 0 Å². The van der Waals surface area contributed by atoms with Gasteiger partial charge in [-0.2, -0.15) is 0 Å². The molecule has 2 aromatic heterocycles. The van der Waals surface area contributed by atoms with Crippen molar-refractivity contribution in [1.82, 2.24) is 14.5 Å². The van der Waals surface area contributed by atoms with Gasteiger partial charge < -0.3 is 10.3 Å². The summed E-state index contributed by atoms with van der Waals surface area (Å²) in [6.07, 6.45) is 6.09. The molecule has 5 heteroatoms. The summed E-state index contributed by atoms with van der Waals surface area (Å²) in [5, 5.41) is 0. The molecule has 0 aliphatic heterocycles. The molecule has 0 unspecified atom stereocenters. The molecule has 0 atom stereocenters. The molecule has 0 spiro atoms. The van der Waals surface area contributed by atoms with Crippen molar-refractivity contribution in [2.45, 2.75) is 0 Å². The predicted molar refractivity (Wildman–Crippen MR) is 55.3 cm³/mol. The number of nitrogens with two attached hydrogens (primary N) is 1. The highest BCUT2D eigenvalue weighted by Crippen LogP contribution is 2.13. The third-order valence-corrected chi connectivity index (χ3v) is 2.15. The van der Waals surface area contributed by atoms with Gasteiger partial charge in [-0.25, -0.2) is 4.98 Å². The average Bonchev–Trinajstić information content (AvgIpc) is 2.64. The lowest BCUT2D eigenvalue weighted by Crippen LogP contribution is -2.09. The Balaban J connectivity index is 2.46. The van der Waals surface area contributed by atoms with Crippen LogP contribution in [0.15, 0.2) is 31.0 Å². The fourth-order valence-electron chi connectivity index (χ4n) is 1.31. The molecular formula is C10H10N4O. The van der Waals surface area contributed by atoms with Crippen molar-refractivity contribution in [3.8, 4) is 0 Å². The van der Waals surface area contributed by atoms with Crippen LogP contribution < -0.4 is 5.73 Å². The van der Waals surface area contributed by atoms with Gasteiger partial charge in [0.2, 0.25) is 5.78 Å². The van der Waals surface area contributed by atoms with Gasteiger partial charge in [-0.15, -0.1) is 0 Å². The number of rotatable bonds is 2. The third kappa shape index (κ3) is 1.59. The van der Waals surface area contributed by atoms with Gasteiger partial charge in [0.05, 0.1) is 18.1 Å². The quantitative estimate of drug-likeness (QED) is 0.725. The fourth-order valence-corrected chi connectivity index (χ4v) is 1.31. The highest BCUT2D eigenvalue weighted by Gasteiger charge is 2.15. The molecule has 0 bridgehead atoms. The Labute approximate surface area is 86.6 Å². The van der Waals surface area contributed by atoms with Crippen molar-refractivity contribution in [3.63, 3.8) is 0 Å². The number of carbonyl (C=O) groups excluding carboxylic acids is 1. The van der Waals surface area contributed by atoms with E-state index in [0.29, 0.717) is 16.9 Å². The highest BCUT2D eigenvalue weighted by molar-refractivity contribution is 6.10. The van der Waals surface area contributed by atoms with E-state index < -0.39 is 0 Å². The molecule has 2 rings (SSSR count). The molecule has 0 aliphatic rings. The van der Waals surface area contributed by atoms with E-state index in [1.165, 1.54) is 12.4 Å². The second-order valence-electron chi connectivity index (χ2n) is 3.18. The Morgan fingerprint density at radius 1 is 1.40 bits per heavy atom. The maximum Gasteiger partial charge on any atom is 0.214 e. The summed E-state index contributed by atoms with van der Waals surface area (Å²) in [7, 11) is 1.76. The van der Waals surface area contributed by atoms with Crippen molar-refractivity contribution in [2.24, 2.45) is 7.05 Å². The molecule has 2 heterocycles. The zero-order valence-corrected chi connectivity index (χ0v) is 8.21. The maximum atomic E-state index is 12.0. The van der Waals surface area contributed by atoms with Gasteiger partial charge in [-0.1, -0.05) is 0 Å². The van der Waals surface area contributed by atoms with Crippen LogP contribution in [0.5, 0.6) is 0 Å². The van der Waals surface area contributed by atoms with Crippen molar-refractivity contribution >= 4 is 11.5 Å².